The minimum Gasteiger partial charge on any atom is -0.497 e. The number of aryl methyl sites for hydroxylation is 2. The summed E-state index contributed by atoms with van der Waals surface area (Å²) in [6.07, 6.45) is 0. The molecule has 0 aliphatic heterocycles. The smallest absolute Gasteiger partial charge is 0.270 e. The maximum absolute atomic E-state index is 13.2. The molecule has 0 aliphatic rings. The van der Waals surface area contributed by atoms with Crippen LogP contribution in [0.4, 0.5) is 5.69 Å². The quantitative estimate of drug-likeness (QED) is 0.552. The molecule has 0 unspecified atom stereocenters. The molecule has 1 amide bonds. The predicted molar refractivity (Wildman–Crippen MR) is 121 cm³/mol. The second-order valence-corrected chi connectivity index (χ2v) is 9.73. The molecule has 3 aromatic rings. The van der Waals surface area contributed by atoms with E-state index in [-0.39, 0.29) is 16.3 Å². The molecule has 2 aromatic carbocycles. The number of rotatable bonds is 6. The molecular formula is C22H21BrN2O5S. The molecule has 0 aliphatic carbocycles. The number of benzene rings is 2. The van der Waals surface area contributed by atoms with Crippen LogP contribution in [0.25, 0.3) is 0 Å². The Labute approximate surface area is 188 Å². The molecule has 162 valence electrons. The van der Waals surface area contributed by atoms with Gasteiger partial charge in [0.1, 0.15) is 17.2 Å². The van der Waals surface area contributed by atoms with Crippen molar-refractivity contribution >= 4 is 37.4 Å². The van der Waals surface area contributed by atoms with Crippen LogP contribution in [0.3, 0.4) is 0 Å². The van der Waals surface area contributed by atoms with Crippen molar-refractivity contribution in [3.63, 3.8) is 0 Å². The summed E-state index contributed by atoms with van der Waals surface area (Å²) in [5, 5.41) is 2.71. The summed E-state index contributed by atoms with van der Waals surface area (Å²) in [6.45, 7) is 2.91. The van der Waals surface area contributed by atoms with Crippen molar-refractivity contribution in [1.82, 2.24) is 4.57 Å². The van der Waals surface area contributed by atoms with Crippen LogP contribution in [0.5, 0.6) is 5.75 Å². The van der Waals surface area contributed by atoms with E-state index in [0.29, 0.717) is 22.7 Å². The van der Waals surface area contributed by atoms with Gasteiger partial charge in [0.15, 0.2) is 0 Å². The maximum Gasteiger partial charge on any atom is 0.270 e. The lowest BCUT2D eigenvalue weighted by molar-refractivity contribution is -0.116. The fourth-order valence-electron chi connectivity index (χ4n) is 3.18. The van der Waals surface area contributed by atoms with Gasteiger partial charge in [-0.25, -0.2) is 8.42 Å². The maximum atomic E-state index is 13.2. The Balaban J connectivity index is 1.98. The first kappa shape index (κ1) is 22.8. The zero-order chi connectivity index (χ0) is 22.8. The van der Waals surface area contributed by atoms with E-state index in [4.69, 9.17) is 4.74 Å². The Morgan fingerprint density at radius 3 is 2.26 bits per heavy atom. The number of ether oxygens (including phenoxy) is 1. The van der Waals surface area contributed by atoms with Crippen LogP contribution in [0.2, 0.25) is 0 Å². The fraction of sp³-hybridized carbons (Fsp3) is 0.182. The largest absolute Gasteiger partial charge is 0.497 e. The van der Waals surface area contributed by atoms with Crippen LogP contribution in [0.15, 0.2) is 73.7 Å². The number of aromatic nitrogens is 1. The number of carbonyl (C=O) groups excluding carboxylic acids is 1. The lowest BCUT2D eigenvalue weighted by Crippen LogP contribution is -2.33. The van der Waals surface area contributed by atoms with Crippen LogP contribution >= 0.6 is 15.9 Å². The molecule has 0 atom stereocenters. The zero-order valence-corrected chi connectivity index (χ0v) is 19.6. The predicted octanol–water partition coefficient (Wildman–Crippen LogP) is 3.71. The standard InChI is InChI=1S/C22H21BrN2O5S/c1-14-12-15(2)25(13-20(26)24-17-6-4-16(23)5-7-17)22(27)21(14)31(28,29)19-10-8-18(30-3)9-11-19/h4-12H,13H2,1-3H3,(H,24,26). The topological polar surface area (TPSA) is 94.5 Å². The van der Waals surface area contributed by atoms with Crippen molar-refractivity contribution in [2.24, 2.45) is 0 Å². The van der Waals surface area contributed by atoms with Gasteiger partial charge in [-0.3, -0.25) is 9.59 Å². The SMILES string of the molecule is COc1ccc(S(=O)(=O)c2c(C)cc(C)n(CC(=O)Nc3ccc(Br)cc3)c2=O)cc1. The number of anilines is 1. The summed E-state index contributed by atoms with van der Waals surface area (Å²) >= 11 is 3.32. The molecule has 1 heterocycles. The third-order valence-electron chi connectivity index (χ3n) is 4.72. The highest BCUT2D eigenvalue weighted by atomic mass is 79.9. The zero-order valence-electron chi connectivity index (χ0n) is 17.2. The van der Waals surface area contributed by atoms with Gasteiger partial charge in [-0.05, 0) is 74.0 Å². The molecule has 31 heavy (non-hydrogen) atoms. The van der Waals surface area contributed by atoms with Gasteiger partial charge in [0.25, 0.3) is 5.56 Å². The Bertz CT molecular complexity index is 1280. The second kappa shape index (κ2) is 9.07. The van der Waals surface area contributed by atoms with Crippen molar-refractivity contribution in [2.75, 3.05) is 12.4 Å². The van der Waals surface area contributed by atoms with E-state index >= 15 is 0 Å². The van der Waals surface area contributed by atoms with E-state index in [1.54, 1.807) is 44.2 Å². The van der Waals surface area contributed by atoms with Crippen molar-refractivity contribution < 1.29 is 17.9 Å². The number of amides is 1. The molecule has 1 aromatic heterocycles. The molecule has 0 saturated heterocycles. The average Bonchev–Trinajstić information content (AvgIpc) is 2.72. The molecule has 1 N–H and O–H groups in total. The molecule has 0 spiro atoms. The number of pyridine rings is 1. The highest BCUT2D eigenvalue weighted by Crippen LogP contribution is 2.24. The number of sulfone groups is 1. The number of hydrogen-bond donors (Lipinski definition) is 1. The monoisotopic (exact) mass is 504 g/mol. The van der Waals surface area contributed by atoms with Gasteiger partial charge in [0.2, 0.25) is 15.7 Å². The van der Waals surface area contributed by atoms with Crippen LogP contribution in [-0.2, 0) is 21.2 Å². The number of hydrogen-bond acceptors (Lipinski definition) is 5. The van der Waals surface area contributed by atoms with Crippen LogP contribution in [0.1, 0.15) is 11.3 Å². The molecule has 0 bridgehead atoms. The number of halogens is 1. The van der Waals surface area contributed by atoms with Gasteiger partial charge in [-0.1, -0.05) is 15.9 Å². The summed E-state index contributed by atoms with van der Waals surface area (Å²) in [4.78, 5) is 25.3. The molecule has 3 rings (SSSR count). The fourth-order valence-corrected chi connectivity index (χ4v) is 5.00. The molecule has 0 saturated carbocycles. The normalized spacial score (nSPS) is 11.2. The third-order valence-corrected chi connectivity index (χ3v) is 7.17. The number of nitrogens with one attached hydrogen (secondary N) is 1. The van der Waals surface area contributed by atoms with Gasteiger partial charge in [-0.15, -0.1) is 0 Å². The third kappa shape index (κ3) is 4.88. The van der Waals surface area contributed by atoms with Crippen molar-refractivity contribution in [3.8, 4) is 5.75 Å². The first-order valence-corrected chi connectivity index (χ1v) is 11.6. The van der Waals surface area contributed by atoms with E-state index in [9.17, 15) is 18.0 Å². The first-order chi connectivity index (χ1) is 14.6. The minimum atomic E-state index is -4.09. The molecule has 0 radical (unpaired) electrons. The van der Waals surface area contributed by atoms with Gasteiger partial charge >= 0.3 is 0 Å². The molecule has 9 heteroatoms. The Kier molecular flexibility index (Phi) is 6.66. The van der Waals surface area contributed by atoms with E-state index in [1.165, 1.54) is 31.4 Å². The van der Waals surface area contributed by atoms with E-state index < -0.39 is 21.3 Å². The van der Waals surface area contributed by atoms with Gasteiger partial charge in [0, 0.05) is 15.9 Å². The summed E-state index contributed by atoms with van der Waals surface area (Å²) < 4.78 is 33.5. The van der Waals surface area contributed by atoms with Crippen LogP contribution in [0, 0.1) is 13.8 Å². The summed E-state index contributed by atoms with van der Waals surface area (Å²) in [5.41, 5.74) is 0.640. The van der Waals surface area contributed by atoms with Gasteiger partial charge in [-0.2, -0.15) is 0 Å². The lowest BCUT2D eigenvalue weighted by atomic mass is 10.2. The van der Waals surface area contributed by atoms with E-state index in [2.05, 4.69) is 21.2 Å². The second-order valence-electron chi connectivity index (χ2n) is 6.92. The van der Waals surface area contributed by atoms with Crippen molar-refractivity contribution in [3.05, 3.63) is 80.7 Å². The number of nitrogens with zero attached hydrogens (tertiary/aromatic N) is 1. The number of carbonyl (C=O) groups is 1. The van der Waals surface area contributed by atoms with Gasteiger partial charge in [0.05, 0.1) is 12.0 Å². The van der Waals surface area contributed by atoms with Crippen LogP contribution in [-0.4, -0.2) is 26.0 Å². The average molecular weight is 505 g/mol. The van der Waals surface area contributed by atoms with E-state index in [0.717, 1.165) is 9.04 Å². The van der Waals surface area contributed by atoms with Crippen molar-refractivity contribution in [2.45, 2.75) is 30.2 Å². The summed E-state index contributed by atoms with van der Waals surface area (Å²) in [7, 11) is -2.61. The Hall–Kier alpha value is -2.91. The summed E-state index contributed by atoms with van der Waals surface area (Å²) in [6, 6.07) is 14.4. The highest BCUT2D eigenvalue weighted by Gasteiger charge is 2.26. The lowest BCUT2D eigenvalue weighted by Gasteiger charge is -2.15. The molecule has 0 fully saturated rings. The number of methoxy groups -OCH3 is 1. The first-order valence-electron chi connectivity index (χ1n) is 9.29. The van der Waals surface area contributed by atoms with E-state index in [1.807, 2.05) is 0 Å². The molecular weight excluding hydrogens is 484 g/mol. The Morgan fingerprint density at radius 2 is 1.68 bits per heavy atom. The van der Waals surface area contributed by atoms with Crippen LogP contribution < -0.4 is 15.6 Å². The Morgan fingerprint density at radius 1 is 1.06 bits per heavy atom. The van der Waals surface area contributed by atoms with Gasteiger partial charge < -0.3 is 14.6 Å². The highest BCUT2D eigenvalue weighted by molar-refractivity contribution is 9.10. The van der Waals surface area contributed by atoms with Crippen molar-refractivity contribution in [1.29, 1.82) is 0 Å². The molecule has 7 nitrogen and oxygen atoms in total. The summed E-state index contributed by atoms with van der Waals surface area (Å²) in [5.74, 6) is 0.0609. The minimum absolute atomic E-state index is 0.0248.